The largest absolute Gasteiger partial charge is 0.340 e. The van der Waals surface area contributed by atoms with Gasteiger partial charge in [-0.3, -0.25) is 14.5 Å². The highest BCUT2D eigenvalue weighted by Gasteiger charge is 2.36. The smallest absolute Gasteiger partial charge is 0.253 e. The first-order valence-corrected chi connectivity index (χ1v) is 10.3. The Hall–Kier alpha value is -2.37. The van der Waals surface area contributed by atoms with Gasteiger partial charge in [0.15, 0.2) is 0 Å². The van der Waals surface area contributed by atoms with Crippen LogP contribution in [0.5, 0.6) is 0 Å². The number of carbonyl (C=O) groups excluding carboxylic acids is 2. The number of halogens is 1. The molecule has 1 saturated heterocycles. The van der Waals surface area contributed by atoms with E-state index in [4.69, 9.17) is 11.6 Å². The molecule has 2 amide bonds. The molecule has 0 radical (unpaired) electrons. The van der Waals surface area contributed by atoms with E-state index in [1.165, 1.54) is 5.56 Å². The molecule has 1 heterocycles. The molecule has 3 rings (SSSR count). The molecule has 1 unspecified atom stereocenters. The Morgan fingerprint density at radius 2 is 1.72 bits per heavy atom. The van der Waals surface area contributed by atoms with E-state index in [2.05, 4.69) is 36.2 Å². The third-order valence-corrected chi connectivity index (χ3v) is 5.77. The second-order valence-corrected chi connectivity index (χ2v) is 8.56. The molecule has 2 aromatic rings. The highest BCUT2D eigenvalue weighted by molar-refractivity contribution is 6.33. The Kier molecular flexibility index (Phi) is 6.60. The van der Waals surface area contributed by atoms with Crippen LogP contribution in [0.25, 0.3) is 0 Å². The maximum Gasteiger partial charge on any atom is 0.253 e. The van der Waals surface area contributed by atoms with Crippen LogP contribution < -0.4 is 5.32 Å². The summed E-state index contributed by atoms with van der Waals surface area (Å²) < 4.78 is 0. The summed E-state index contributed by atoms with van der Waals surface area (Å²) in [6.07, 6.45) is 0. The molecule has 5 nitrogen and oxygen atoms in total. The number of carbonyl (C=O) groups is 2. The van der Waals surface area contributed by atoms with Gasteiger partial charge in [0.1, 0.15) is 6.04 Å². The van der Waals surface area contributed by atoms with Crippen LogP contribution in [0.4, 0.5) is 0 Å². The Bertz CT molecular complexity index is 869. The second kappa shape index (κ2) is 8.97. The van der Waals surface area contributed by atoms with E-state index >= 15 is 0 Å². The highest BCUT2D eigenvalue weighted by atomic mass is 35.5. The van der Waals surface area contributed by atoms with Crippen LogP contribution in [-0.4, -0.2) is 52.8 Å². The second-order valence-electron chi connectivity index (χ2n) is 8.15. The molecule has 29 heavy (non-hydrogen) atoms. The third-order valence-electron chi connectivity index (χ3n) is 5.44. The van der Waals surface area contributed by atoms with Crippen molar-refractivity contribution in [1.82, 2.24) is 15.1 Å². The lowest BCUT2D eigenvalue weighted by atomic mass is 9.97. The van der Waals surface area contributed by atoms with Crippen molar-refractivity contribution in [2.75, 3.05) is 19.6 Å². The van der Waals surface area contributed by atoms with E-state index in [1.807, 2.05) is 23.1 Å². The minimum Gasteiger partial charge on any atom is -0.340 e. The van der Waals surface area contributed by atoms with E-state index in [0.29, 0.717) is 23.7 Å². The first-order valence-electron chi connectivity index (χ1n) is 9.91. The van der Waals surface area contributed by atoms with Crippen LogP contribution in [0, 0.1) is 0 Å². The van der Waals surface area contributed by atoms with Gasteiger partial charge in [-0.25, -0.2) is 0 Å². The van der Waals surface area contributed by atoms with Crippen LogP contribution in [0.2, 0.25) is 5.02 Å². The maximum absolute atomic E-state index is 13.0. The lowest BCUT2D eigenvalue weighted by molar-refractivity contribution is -0.138. The van der Waals surface area contributed by atoms with Gasteiger partial charge in [0.05, 0.1) is 10.6 Å². The van der Waals surface area contributed by atoms with Gasteiger partial charge in [-0.05, 0) is 38.5 Å². The van der Waals surface area contributed by atoms with Gasteiger partial charge in [-0.2, -0.15) is 0 Å². The summed E-state index contributed by atoms with van der Waals surface area (Å²) in [5, 5.41) is 3.16. The SMILES string of the molecule is CC(NC(=O)c1ccccc1Cl)C(=O)N1CCN(Cc2ccccc2)C(C)(C)C1. The monoisotopic (exact) mass is 413 g/mol. The van der Waals surface area contributed by atoms with E-state index in [1.54, 1.807) is 31.2 Å². The summed E-state index contributed by atoms with van der Waals surface area (Å²) in [5.41, 5.74) is 1.48. The number of nitrogens with one attached hydrogen (secondary N) is 1. The lowest BCUT2D eigenvalue weighted by Crippen LogP contribution is -2.62. The molecule has 1 fully saturated rings. The fraction of sp³-hybridized carbons (Fsp3) is 0.391. The molecule has 2 aromatic carbocycles. The van der Waals surface area contributed by atoms with Crippen LogP contribution in [0.3, 0.4) is 0 Å². The van der Waals surface area contributed by atoms with E-state index in [9.17, 15) is 9.59 Å². The first-order chi connectivity index (χ1) is 13.8. The number of hydrogen-bond donors (Lipinski definition) is 1. The summed E-state index contributed by atoms with van der Waals surface area (Å²) in [6, 6.07) is 16.6. The minimum atomic E-state index is -0.616. The molecule has 0 aliphatic carbocycles. The van der Waals surface area contributed by atoms with Crippen LogP contribution in [0.15, 0.2) is 54.6 Å². The maximum atomic E-state index is 13.0. The van der Waals surface area contributed by atoms with Gasteiger partial charge >= 0.3 is 0 Å². The number of benzene rings is 2. The topological polar surface area (TPSA) is 52.7 Å². The van der Waals surface area contributed by atoms with Crippen LogP contribution >= 0.6 is 11.6 Å². The van der Waals surface area contributed by atoms with Crippen molar-refractivity contribution in [1.29, 1.82) is 0 Å². The van der Waals surface area contributed by atoms with E-state index in [-0.39, 0.29) is 17.4 Å². The highest BCUT2D eigenvalue weighted by Crippen LogP contribution is 2.24. The molecule has 1 aliphatic heterocycles. The van der Waals surface area contributed by atoms with Gasteiger partial charge in [-0.1, -0.05) is 54.1 Å². The lowest BCUT2D eigenvalue weighted by Gasteiger charge is -2.47. The summed E-state index contributed by atoms with van der Waals surface area (Å²) in [6.45, 7) is 8.94. The van der Waals surface area contributed by atoms with Gasteiger partial charge < -0.3 is 10.2 Å². The Morgan fingerprint density at radius 1 is 1.07 bits per heavy atom. The van der Waals surface area contributed by atoms with E-state index < -0.39 is 6.04 Å². The normalized spacial score (nSPS) is 17.6. The number of piperazine rings is 1. The number of rotatable bonds is 5. The Morgan fingerprint density at radius 3 is 2.38 bits per heavy atom. The van der Waals surface area contributed by atoms with Crippen LogP contribution in [0.1, 0.15) is 36.7 Å². The van der Waals surface area contributed by atoms with Gasteiger partial charge in [0.25, 0.3) is 5.91 Å². The molecule has 1 N–H and O–H groups in total. The molecule has 1 atom stereocenters. The van der Waals surface area contributed by atoms with Gasteiger partial charge in [0, 0.05) is 31.7 Å². The Balaban J connectivity index is 1.60. The molecule has 6 heteroatoms. The van der Waals surface area contributed by atoms with Crippen molar-refractivity contribution in [2.45, 2.75) is 38.9 Å². The van der Waals surface area contributed by atoms with E-state index in [0.717, 1.165) is 13.1 Å². The van der Waals surface area contributed by atoms with Crippen molar-refractivity contribution in [3.05, 3.63) is 70.7 Å². The zero-order valence-corrected chi connectivity index (χ0v) is 17.9. The van der Waals surface area contributed by atoms with Crippen molar-refractivity contribution >= 4 is 23.4 Å². The average Bonchev–Trinajstić information content (AvgIpc) is 2.69. The summed E-state index contributed by atoms with van der Waals surface area (Å²) in [5.74, 6) is -0.406. The Labute approximate surface area is 177 Å². The van der Waals surface area contributed by atoms with Crippen LogP contribution in [-0.2, 0) is 11.3 Å². The summed E-state index contributed by atoms with van der Waals surface area (Å²) >= 11 is 6.09. The zero-order chi connectivity index (χ0) is 21.0. The number of hydrogen-bond acceptors (Lipinski definition) is 3. The fourth-order valence-electron chi connectivity index (χ4n) is 3.73. The molecule has 0 spiro atoms. The standard InChI is InChI=1S/C23H28ClN3O2/c1-17(25-21(28)19-11-7-8-12-20(19)24)22(29)26-13-14-27(23(2,3)16-26)15-18-9-5-4-6-10-18/h4-12,17H,13-16H2,1-3H3,(H,25,28). The molecular weight excluding hydrogens is 386 g/mol. The first kappa shape index (κ1) is 21.3. The quantitative estimate of drug-likeness (QED) is 0.815. The predicted molar refractivity (Wildman–Crippen MR) is 116 cm³/mol. The summed E-state index contributed by atoms with van der Waals surface area (Å²) in [7, 11) is 0. The number of amides is 2. The number of nitrogens with zero attached hydrogens (tertiary/aromatic N) is 2. The van der Waals surface area contributed by atoms with Gasteiger partial charge in [-0.15, -0.1) is 0 Å². The minimum absolute atomic E-state index is 0.0714. The fourth-order valence-corrected chi connectivity index (χ4v) is 3.95. The molecule has 0 bridgehead atoms. The van der Waals surface area contributed by atoms with Crippen molar-refractivity contribution in [3.8, 4) is 0 Å². The predicted octanol–water partition coefficient (Wildman–Crippen LogP) is 3.58. The molecule has 0 saturated carbocycles. The third kappa shape index (κ3) is 5.17. The summed E-state index contributed by atoms with van der Waals surface area (Å²) in [4.78, 5) is 29.7. The molecule has 0 aromatic heterocycles. The van der Waals surface area contributed by atoms with Crippen molar-refractivity contribution in [3.63, 3.8) is 0 Å². The van der Waals surface area contributed by atoms with Gasteiger partial charge in [0.2, 0.25) is 5.91 Å². The molecule has 154 valence electrons. The zero-order valence-electron chi connectivity index (χ0n) is 17.2. The average molecular weight is 414 g/mol. The van der Waals surface area contributed by atoms with Crippen molar-refractivity contribution < 1.29 is 9.59 Å². The molecule has 1 aliphatic rings. The van der Waals surface area contributed by atoms with Crippen molar-refractivity contribution in [2.24, 2.45) is 0 Å². The molecular formula is C23H28ClN3O2.